The van der Waals surface area contributed by atoms with E-state index >= 15 is 0 Å². The van der Waals surface area contributed by atoms with Gasteiger partial charge < -0.3 is 0 Å². The van der Waals surface area contributed by atoms with Crippen molar-refractivity contribution in [1.82, 2.24) is 0 Å². The van der Waals surface area contributed by atoms with Gasteiger partial charge in [0.2, 0.25) is 0 Å². The summed E-state index contributed by atoms with van der Waals surface area (Å²) in [6, 6.07) is 19.5. The van der Waals surface area contributed by atoms with Crippen LogP contribution in [0, 0.1) is 0 Å². The zero-order valence-corrected chi connectivity index (χ0v) is 18.1. The zero-order chi connectivity index (χ0) is 16.3. The van der Waals surface area contributed by atoms with Crippen LogP contribution in [0.5, 0.6) is 0 Å². The fourth-order valence-electron chi connectivity index (χ4n) is 2.98. The summed E-state index contributed by atoms with van der Waals surface area (Å²) in [5.74, 6) is 0. The summed E-state index contributed by atoms with van der Waals surface area (Å²) in [6.07, 6.45) is 5.71. The second kappa shape index (κ2) is 9.64. The van der Waals surface area contributed by atoms with Crippen LogP contribution in [0.2, 0.25) is 0 Å². The third-order valence-corrected chi connectivity index (χ3v) is 6.33. The Bertz CT molecular complexity index is 752. The molecule has 132 valence electrons. The zero-order valence-electron chi connectivity index (χ0n) is 14.9. The average Bonchev–Trinajstić information content (AvgIpc) is 3.00. The summed E-state index contributed by atoms with van der Waals surface area (Å²) in [6.45, 7) is 6.93. The number of rotatable bonds is 5. The number of hydrogen-bond donors (Lipinski definition) is 1. The molecule has 0 fully saturated rings. The Morgan fingerprint density at radius 3 is 2.20 bits per heavy atom. The molecule has 0 bridgehead atoms. The van der Waals surface area contributed by atoms with Crippen LogP contribution in [-0.2, 0) is 23.1 Å². The molecule has 0 atom stereocenters. The average molecular weight is 410 g/mol. The third kappa shape index (κ3) is 5.49. The van der Waals surface area contributed by atoms with Crippen molar-refractivity contribution in [1.29, 1.82) is 0 Å². The van der Waals surface area contributed by atoms with E-state index in [0.717, 1.165) is 6.42 Å². The summed E-state index contributed by atoms with van der Waals surface area (Å²) < 4.78 is 3.89. The molecule has 0 aliphatic heterocycles. The number of hydrogen-bond acceptors (Lipinski definition) is 1. The SMILES string of the molecule is CC1=CCC(c2ccccc2[C](C)(C)[Ti][NH]c2ccccc2)=C1.Cl.Cl. The van der Waals surface area contributed by atoms with E-state index in [1.807, 2.05) is 0 Å². The van der Waals surface area contributed by atoms with Crippen molar-refractivity contribution >= 4 is 36.1 Å². The molecule has 0 saturated carbocycles. The molecule has 0 radical (unpaired) electrons. The van der Waals surface area contributed by atoms with E-state index in [1.54, 1.807) is 0 Å². The van der Waals surface area contributed by atoms with Crippen molar-refractivity contribution in [3.63, 3.8) is 0 Å². The fourth-order valence-corrected chi connectivity index (χ4v) is 4.50. The van der Waals surface area contributed by atoms with E-state index in [-0.39, 0.29) is 47.9 Å². The van der Waals surface area contributed by atoms with Crippen molar-refractivity contribution in [2.24, 2.45) is 0 Å². The predicted molar refractivity (Wildman–Crippen MR) is 110 cm³/mol. The van der Waals surface area contributed by atoms with Crippen LogP contribution in [0.3, 0.4) is 0 Å². The Morgan fingerprint density at radius 2 is 1.56 bits per heavy atom. The van der Waals surface area contributed by atoms with Gasteiger partial charge in [-0.3, -0.25) is 0 Å². The second-order valence-corrected chi connectivity index (χ2v) is 9.34. The van der Waals surface area contributed by atoms with Gasteiger partial charge in [-0.1, -0.05) is 0 Å². The molecule has 0 saturated heterocycles. The molecule has 0 aromatic heterocycles. The van der Waals surface area contributed by atoms with Crippen molar-refractivity contribution < 1.29 is 19.4 Å². The Hall–Kier alpha value is -0.986. The van der Waals surface area contributed by atoms with Crippen molar-refractivity contribution in [3.8, 4) is 0 Å². The smallest absolute Gasteiger partial charge is 0.147 e. The number of para-hydroxylation sites is 1. The molecule has 1 aliphatic carbocycles. The Labute approximate surface area is 173 Å². The van der Waals surface area contributed by atoms with Crippen LogP contribution >= 0.6 is 24.8 Å². The Morgan fingerprint density at radius 1 is 0.920 bits per heavy atom. The molecule has 3 rings (SSSR count). The van der Waals surface area contributed by atoms with Crippen LogP contribution in [-0.4, -0.2) is 0 Å². The molecule has 0 unspecified atom stereocenters. The maximum atomic E-state index is 3.70. The van der Waals surface area contributed by atoms with Crippen LogP contribution in [0.15, 0.2) is 72.3 Å². The Balaban J connectivity index is 0.00000156. The first kappa shape index (κ1) is 22.1. The third-order valence-electron chi connectivity index (χ3n) is 4.29. The summed E-state index contributed by atoms with van der Waals surface area (Å²) in [4.78, 5) is 0. The molecule has 1 N–H and O–H groups in total. The van der Waals surface area contributed by atoms with Crippen molar-refractivity contribution in [2.45, 2.75) is 30.9 Å². The van der Waals surface area contributed by atoms with Crippen LogP contribution < -0.4 is 3.80 Å². The molecular weight excluding hydrogens is 385 g/mol. The van der Waals surface area contributed by atoms with Crippen molar-refractivity contribution in [3.05, 3.63) is 83.4 Å². The molecule has 0 heterocycles. The van der Waals surface area contributed by atoms with Gasteiger partial charge >= 0.3 is 149 Å². The molecule has 1 nitrogen and oxygen atoms in total. The van der Waals surface area contributed by atoms with Gasteiger partial charge in [-0.05, 0) is 0 Å². The number of allylic oxidation sites excluding steroid dienone is 4. The summed E-state index contributed by atoms with van der Waals surface area (Å²) in [5, 5.41) is 0. The predicted octanol–water partition coefficient (Wildman–Crippen LogP) is 6.61. The minimum atomic E-state index is -0.371. The maximum absolute atomic E-state index is 3.70. The van der Waals surface area contributed by atoms with E-state index in [2.05, 4.69) is 91.3 Å². The molecule has 4 heteroatoms. The topological polar surface area (TPSA) is 12.0 Å². The number of anilines is 1. The maximum Gasteiger partial charge on any atom is -0.147 e. The first-order chi connectivity index (χ1) is 11.1. The Kier molecular flexibility index (Phi) is 8.50. The van der Waals surface area contributed by atoms with Crippen LogP contribution in [0.4, 0.5) is 5.69 Å². The molecule has 2 aromatic rings. The monoisotopic (exact) mass is 409 g/mol. The molecule has 0 spiro atoms. The quantitative estimate of drug-likeness (QED) is 0.547. The minimum absolute atomic E-state index is 0. The van der Waals surface area contributed by atoms with Gasteiger partial charge in [-0.2, -0.15) is 0 Å². The molecular formula is C21H25Cl2NTi. The summed E-state index contributed by atoms with van der Waals surface area (Å²) >= 11 is -0.371. The van der Waals surface area contributed by atoms with Gasteiger partial charge in [0.1, 0.15) is 0 Å². The van der Waals surface area contributed by atoms with Crippen LogP contribution in [0.25, 0.3) is 5.57 Å². The van der Waals surface area contributed by atoms with Gasteiger partial charge in [0, 0.05) is 0 Å². The number of halogens is 2. The number of nitrogens with one attached hydrogen (secondary N) is 1. The van der Waals surface area contributed by atoms with E-state index in [0.29, 0.717) is 0 Å². The van der Waals surface area contributed by atoms with Crippen molar-refractivity contribution in [2.75, 3.05) is 3.80 Å². The first-order valence-corrected chi connectivity index (χ1v) is 9.68. The van der Waals surface area contributed by atoms with Crippen LogP contribution in [0.1, 0.15) is 38.3 Å². The molecule has 2 aromatic carbocycles. The largest absolute Gasteiger partial charge is 0.147 e. The number of benzene rings is 2. The normalized spacial score (nSPS) is 13.1. The van der Waals surface area contributed by atoms with Gasteiger partial charge in [0.25, 0.3) is 0 Å². The summed E-state index contributed by atoms with van der Waals surface area (Å²) in [7, 11) is 0. The van der Waals surface area contributed by atoms with E-state index in [9.17, 15) is 0 Å². The fraction of sp³-hybridized carbons (Fsp3) is 0.238. The second-order valence-electron chi connectivity index (χ2n) is 6.61. The molecule has 0 amide bonds. The van der Waals surface area contributed by atoms with Gasteiger partial charge in [0.05, 0.1) is 0 Å². The van der Waals surface area contributed by atoms with E-state index in [4.69, 9.17) is 0 Å². The standard InChI is InChI=1S/C15H17.C6H6N.2ClH.Ti/c1-11(2)14-6-4-5-7-15(14)13-9-8-12(3)10-13;7-6-4-2-1-3-5-6;;;/h4-8,10H,9H2,1-3H3;1-5,7H;2*1H;/q;-1;;;+1. The first-order valence-electron chi connectivity index (χ1n) is 8.12. The molecule has 1 aliphatic rings. The van der Waals surface area contributed by atoms with Gasteiger partial charge in [0.15, 0.2) is 0 Å². The van der Waals surface area contributed by atoms with E-state index in [1.165, 1.54) is 28.0 Å². The molecule has 25 heavy (non-hydrogen) atoms. The van der Waals surface area contributed by atoms with E-state index < -0.39 is 0 Å². The van der Waals surface area contributed by atoms with Gasteiger partial charge in [-0.15, -0.1) is 24.8 Å². The van der Waals surface area contributed by atoms with Gasteiger partial charge in [-0.25, -0.2) is 0 Å². The summed E-state index contributed by atoms with van der Waals surface area (Å²) in [5.41, 5.74) is 6.96. The minimum Gasteiger partial charge on any atom is -0.147 e.